The Morgan fingerprint density at radius 3 is 2.54 bits per heavy atom. The lowest BCUT2D eigenvalue weighted by Gasteiger charge is -2.26. The minimum absolute atomic E-state index is 0.703. The van der Waals surface area contributed by atoms with Crippen LogP contribution in [0.2, 0.25) is 0 Å². The summed E-state index contributed by atoms with van der Waals surface area (Å²) in [4.78, 5) is 11.1. The van der Waals surface area contributed by atoms with Crippen molar-refractivity contribution < 1.29 is 9.47 Å². The summed E-state index contributed by atoms with van der Waals surface area (Å²) in [6.45, 7) is 3.01. The molecule has 0 atom stereocenters. The van der Waals surface area contributed by atoms with Gasteiger partial charge in [0.2, 0.25) is 5.95 Å². The molecule has 26 heavy (non-hydrogen) atoms. The van der Waals surface area contributed by atoms with Crippen molar-refractivity contribution in [2.24, 2.45) is 0 Å². The van der Waals surface area contributed by atoms with Crippen LogP contribution < -0.4 is 15.0 Å². The molecule has 0 unspecified atom stereocenters. The molecule has 1 aliphatic rings. The van der Waals surface area contributed by atoms with Gasteiger partial charge in [-0.2, -0.15) is 4.98 Å². The minimum Gasteiger partial charge on any atom is -0.455 e. The number of ether oxygens (including phenoxy) is 2. The van der Waals surface area contributed by atoms with E-state index in [0.29, 0.717) is 19.2 Å². The van der Waals surface area contributed by atoms with Crippen molar-refractivity contribution in [1.82, 2.24) is 9.97 Å². The van der Waals surface area contributed by atoms with E-state index >= 15 is 0 Å². The van der Waals surface area contributed by atoms with Gasteiger partial charge in [-0.05, 0) is 30.3 Å². The van der Waals surface area contributed by atoms with E-state index in [9.17, 15) is 0 Å². The number of benzene rings is 2. The van der Waals surface area contributed by atoms with Crippen LogP contribution in [0.3, 0.4) is 0 Å². The molecule has 4 rings (SSSR count). The van der Waals surface area contributed by atoms with Crippen molar-refractivity contribution in [3.8, 4) is 11.5 Å². The predicted molar refractivity (Wildman–Crippen MR) is 101 cm³/mol. The first-order valence-corrected chi connectivity index (χ1v) is 8.63. The maximum Gasteiger partial charge on any atom is 0.227 e. The topological polar surface area (TPSA) is 59.5 Å². The fourth-order valence-corrected chi connectivity index (χ4v) is 2.75. The molecule has 2 heterocycles. The van der Waals surface area contributed by atoms with Crippen molar-refractivity contribution >= 4 is 17.5 Å². The Bertz CT molecular complexity index is 851. The number of nitrogens with one attached hydrogen (secondary N) is 1. The van der Waals surface area contributed by atoms with E-state index in [2.05, 4.69) is 20.2 Å². The van der Waals surface area contributed by atoms with E-state index in [0.717, 1.165) is 36.1 Å². The molecule has 0 spiro atoms. The van der Waals surface area contributed by atoms with Crippen molar-refractivity contribution in [1.29, 1.82) is 0 Å². The molecule has 0 radical (unpaired) electrons. The number of hydrogen-bond donors (Lipinski definition) is 1. The Balaban J connectivity index is 1.54. The summed E-state index contributed by atoms with van der Waals surface area (Å²) in [5, 5.41) is 3.34. The Hall–Kier alpha value is -3.12. The zero-order valence-corrected chi connectivity index (χ0v) is 14.3. The van der Waals surface area contributed by atoms with Crippen LogP contribution in [-0.2, 0) is 4.74 Å². The second-order valence-electron chi connectivity index (χ2n) is 5.88. The number of aromatic nitrogens is 2. The van der Waals surface area contributed by atoms with E-state index in [1.807, 2.05) is 60.7 Å². The SMILES string of the molecule is c1ccc(Oc2ccccc2Nc2ccnc(N3CCOCC3)n2)cc1. The van der Waals surface area contributed by atoms with Gasteiger partial charge in [0, 0.05) is 19.3 Å². The smallest absolute Gasteiger partial charge is 0.227 e. The summed E-state index contributed by atoms with van der Waals surface area (Å²) in [6, 6.07) is 19.4. The molecule has 1 saturated heterocycles. The van der Waals surface area contributed by atoms with Crippen LogP contribution in [-0.4, -0.2) is 36.3 Å². The molecule has 0 bridgehead atoms. The van der Waals surface area contributed by atoms with Crippen LogP contribution in [0.4, 0.5) is 17.5 Å². The minimum atomic E-state index is 0.703. The van der Waals surface area contributed by atoms with E-state index in [1.165, 1.54) is 0 Å². The Kier molecular flexibility index (Phi) is 4.93. The molecule has 2 aromatic carbocycles. The van der Waals surface area contributed by atoms with Gasteiger partial charge in [0.05, 0.1) is 18.9 Å². The molecule has 1 fully saturated rings. The standard InChI is InChI=1S/C20H20N4O2/c1-2-6-16(7-3-1)26-18-9-5-4-8-17(18)22-19-10-11-21-20(23-19)24-12-14-25-15-13-24/h1-11H,12-15H2,(H,21,22,23). The van der Waals surface area contributed by atoms with Gasteiger partial charge in [0.15, 0.2) is 5.75 Å². The van der Waals surface area contributed by atoms with Gasteiger partial charge in [-0.15, -0.1) is 0 Å². The number of rotatable bonds is 5. The fourth-order valence-electron chi connectivity index (χ4n) is 2.75. The quantitative estimate of drug-likeness (QED) is 0.756. The monoisotopic (exact) mass is 348 g/mol. The zero-order chi connectivity index (χ0) is 17.6. The van der Waals surface area contributed by atoms with Gasteiger partial charge >= 0.3 is 0 Å². The molecule has 132 valence electrons. The van der Waals surface area contributed by atoms with Crippen LogP contribution in [0, 0.1) is 0 Å². The highest BCUT2D eigenvalue weighted by Gasteiger charge is 2.14. The number of morpholine rings is 1. The Morgan fingerprint density at radius 1 is 0.923 bits per heavy atom. The maximum atomic E-state index is 6.00. The van der Waals surface area contributed by atoms with Crippen LogP contribution >= 0.6 is 0 Å². The molecule has 6 nitrogen and oxygen atoms in total. The van der Waals surface area contributed by atoms with E-state index < -0.39 is 0 Å². The first kappa shape index (κ1) is 16.4. The summed E-state index contributed by atoms with van der Waals surface area (Å²) < 4.78 is 11.4. The van der Waals surface area contributed by atoms with E-state index in [1.54, 1.807) is 6.20 Å². The van der Waals surface area contributed by atoms with Gasteiger partial charge in [0.25, 0.3) is 0 Å². The van der Waals surface area contributed by atoms with Crippen LogP contribution in [0.1, 0.15) is 0 Å². The Morgan fingerprint density at radius 2 is 1.69 bits per heavy atom. The van der Waals surface area contributed by atoms with Gasteiger partial charge < -0.3 is 19.7 Å². The summed E-state index contributed by atoms with van der Waals surface area (Å²) in [7, 11) is 0. The molecule has 1 N–H and O–H groups in total. The molecule has 3 aromatic rings. The largest absolute Gasteiger partial charge is 0.455 e. The highest BCUT2D eigenvalue weighted by molar-refractivity contribution is 5.65. The number of nitrogens with zero attached hydrogens (tertiary/aromatic N) is 3. The summed E-state index contributed by atoms with van der Waals surface area (Å²) in [6.07, 6.45) is 1.76. The second kappa shape index (κ2) is 7.84. The van der Waals surface area contributed by atoms with Crippen molar-refractivity contribution in [3.05, 3.63) is 66.9 Å². The third-order valence-corrected chi connectivity index (χ3v) is 4.06. The normalized spacial score (nSPS) is 14.1. The first-order valence-electron chi connectivity index (χ1n) is 8.63. The molecule has 0 saturated carbocycles. The third-order valence-electron chi connectivity index (χ3n) is 4.06. The molecule has 1 aliphatic heterocycles. The fraction of sp³-hybridized carbons (Fsp3) is 0.200. The average molecular weight is 348 g/mol. The summed E-state index contributed by atoms with van der Waals surface area (Å²) in [5.41, 5.74) is 0.850. The first-order chi connectivity index (χ1) is 12.9. The van der Waals surface area contributed by atoms with Crippen LogP contribution in [0.15, 0.2) is 66.9 Å². The molecular formula is C20H20N4O2. The molecular weight excluding hydrogens is 328 g/mol. The van der Waals surface area contributed by atoms with Gasteiger partial charge in [0.1, 0.15) is 11.6 Å². The highest BCUT2D eigenvalue weighted by Crippen LogP contribution is 2.31. The van der Waals surface area contributed by atoms with Gasteiger partial charge in [-0.1, -0.05) is 30.3 Å². The highest BCUT2D eigenvalue weighted by atomic mass is 16.5. The lowest BCUT2D eigenvalue weighted by atomic mass is 10.3. The third kappa shape index (κ3) is 3.92. The Labute approximate surface area is 152 Å². The molecule has 1 aromatic heterocycles. The number of hydrogen-bond acceptors (Lipinski definition) is 6. The van der Waals surface area contributed by atoms with Gasteiger partial charge in [-0.25, -0.2) is 4.98 Å². The lowest BCUT2D eigenvalue weighted by molar-refractivity contribution is 0.122. The van der Waals surface area contributed by atoms with Crippen molar-refractivity contribution in [2.45, 2.75) is 0 Å². The van der Waals surface area contributed by atoms with Gasteiger partial charge in [-0.3, -0.25) is 0 Å². The van der Waals surface area contributed by atoms with Crippen LogP contribution in [0.25, 0.3) is 0 Å². The van der Waals surface area contributed by atoms with Crippen molar-refractivity contribution in [2.75, 3.05) is 36.5 Å². The summed E-state index contributed by atoms with van der Waals surface area (Å²) >= 11 is 0. The number of para-hydroxylation sites is 3. The van der Waals surface area contributed by atoms with E-state index in [4.69, 9.17) is 9.47 Å². The predicted octanol–water partition coefficient (Wildman–Crippen LogP) is 3.85. The number of anilines is 3. The second-order valence-corrected chi connectivity index (χ2v) is 5.88. The van der Waals surface area contributed by atoms with E-state index in [-0.39, 0.29) is 0 Å². The lowest BCUT2D eigenvalue weighted by Crippen LogP contribution is -2.37. The maximum absolute atomic E-state index is 6.00. The molecule has 6 heteroatoms. The summed E-state index contributed by atoms with van der Waals surface area (Å²) in [5.74, 6) is 2.97. The average Bonchev–Trinajstić information content (AvgIpc) is 2.71. The van der Waals surface area contributed by atoms with Crippen molar-refractivity contribution in [3.63, 3.8) is 0 Å². The molecule has 0 amide bonds. The molecule has 0 aliphatic carbocycles. The zero-order valence-electron chi connectivity index (χ0n) is 14.3. The van der Waals surface area contributed by atoms with Crippen LogP contribution in [0.5, 0.6) is 11.5 Å².